The standard InChI is InChI=1S/C14H21N5O/c1-4-8-15-13-16-12(11-7-9-20-10-11)17-14(18-13)19(5-2)6-3/h7,9-10H,4-6,8H2,1-3H3,(H,15,16,17,18). The minimum Gasteiger partial charge on any atom is -0.472 e. The highest BCUT2D eigenvalue weighted by atomic mass is 16.3. The summed E-state index contributed by atoms with van der Waals surface area (Å²) in [5.74, 6) is 1.94. The van der Waals surface area contributed by atoms with E-state index in [-0.39, 0.29) is 0 Å². The third kappa shape index (κ3) is 3.26. The van der Waals surface area contributed by atoms with Crippen molar-refractivity contribution in [1.82, 2.24) is 15.0 Å². The molecule has 20 heavy (non-hydrogen) atoms. The van der Waals surface area contributed by atoms with Gasteiger partial charge < -0.3 is 14.6 Å². The molecule has 0 fully saturated rings. The molecule has 0 atom stereocenters. The molecule has 108 valence electrons. The van der Waals surface area contributed by atoms with E-state index in [0.717, 1.165) is 31.6 Å². The van der Waals surface area contributed by atoms with Gasteiger partial charge in [-0.3, -0.25) is 0 Å². The van der Waals surface area contributed by atoms with E-state index in [1.807, 2.05) is 6.07 Å². The van der Waals surface area contributed by atoms with Crippen LogP contribution >= 0.6 is 0 Å². The van der Waals surface area contributed by atoms with E-state index < -0.39 is 0 Å². The Morgan fingerprint density at radius 1 is 1.15 bits per heavy atom. The van der Waals surface area contributed by atoms with Gasteiger partial charge in [-0.2, -0.15) is 15.0 Å². The van der Waals surface area contributed by atoms with Gasteiger partial charge in [-0.15, -0.1) is 0 Å². The normalized spacial score (nSPS) is 10.6. The van der Waals surface area contributed by atoms with Gasteiger partial charge in [0.15, 0.2) is 5.82 Å². The predicted molar refractivity (Wildman–Crippen MR) is 79.9 cm³/mol. The van der Waals surface area contributed by atoms with Crippen LogP contribution in [0.5, 0.6) is 0 Å². The fourth-order valence-electron chi connectivity index (χ4n) is 1.85. The van der Waals surface area contributed by atoms with E-state index in [0.29, 0.717) is 17.7 Å². The molecule has 0 spiro atoms. The van der Waals surface area contributed by atoms with Gasteiger partial charge >= 0.3 is 0 Å². The molecular weight excluding hydrogens is 254 g/mol. The molecule has 6 heteroatoms. The summed E-state index contributed by atoms with van der Waals surface area (Å²) < 4.78 is 5.11. The lowest BCUT2D eigenvalue weighted by Gasteiger charge is -2.19. The van der Waals surface area contributed by atoms with Crippen molar-refractivity contribution in [3.63, 3.8) is 0 Å². The van der Waals surface area contributed by atoms with Gasteiger partial charge in [0.1, 0.15) is 6.26 Å². The molecule has 2 heterocycles. The second-order valence-electron chi connectivity index (χ2n) is 4.39. The molecular formula is C14H21N5O. The maximum absolute atomic E-state index is 5.11. The van der Waals surface area contributed by atoms with Crippen molar-refractivity contribution in [2.24, 2.45) is 0 Å². The fourth-order valence-corrected chi connectivity index (χ4v) is 1.85. The topological polar surface area (TPSA) is 67.1 Å². The highest BCUT2D eigenvalue weighted by molar-refractivity contribution is 5.56. The summed E-state index contributed by atoms with van der Waals surface area (Å²) in [5.41, 5.74) is 0.861. The third-order valence-electron chi connectivity index (χ3n) is 2.98. The number of hydrogen-bond acceptors (Lipinski definition) is 6. The molecule has 2 rings (SSSR count). The second-order valence-corrected chi connectivity index (χ2v) is 4.39. The lowest BCUT2D eigenvalue weighted by Crippen LogP contribution is -2.25. The first-order chi connectivity index (χ1) is 9.78. The lowest BCUT2D eigenvalue weighted by atomic mass is 10.3. The van der Waals surface area contributed by atoms with Crippen LogP contribution in [0.1, 0.15) is 27.2 Å². The summed E-state index contributed by atoms with van der Waals surface area (Å²) in [6, 6.07) is 1.85. The summed E-state index contributed by atoms with van der Waals surface area (Å²) in [5, 5.41) is 3.22. The molecule has 0 bridgehead atoms. The third-order valence-corrected chi connectivity index (χ3v) is 2.98. The second kappa shape index (κ2) is 6.88. The molecule has 1 N–H and O–H groups in total. The average molecular weight is 275 g/mol. The number of nitrogens with one attached hydrogen (secondary N) is 1. The Labute approximate surface area is 119 Å². The Morgan fingerprint density at radius 2 is 1.95 bits per heavy atom. The van der Waals surface area contributed by atoms with Gasteiger partial charge in [0.25, 0.3) is 0 Å². The maximum atomic E-state index is 5.11. The fraction of sp³-hybridized carbons (Fsp3) is 0.500. The summed E-state index contributed by atoms with van der Waals surface area (Å²) in [7, 11) is 0. The highest BCUT2D eigenvalue weighted by Gasteiger charge is 2.12. The molecule has 0 saturated heterocycles. The van der Waals surface area contributed by atoms with Gasteiger partial charge in [0.2, 0.25) is 11.9 Å². The number of anilines is 2. The molecule has 2 aromatic rings. The quantitative estimate of drug-likeness (QED) is 0.838. The summed E-state index contributed by atoms with van der Waals surface area (Å²) in [4.78, 5) is 15.6. The zero-order valence-electron chi connectivity index (χ0n) is 12.3. The first-order valence-corrected chi connectivity index (χ1v) is 7.05. The number of aromatic nitrogens is 3. The van der Waals surface area contributed by atoms with Crippen molar-refractivity contribution in [3.05, 3.63) is 18.6 Å². The molecule has 0 aliphatic rings. The Hall–Kier alpha value is -2.11. The van der Waals surface area contributed by atoms with E-state index in [1.54, 1.807) is 12.5 Å². The molecule has 0 saturated carbocycles. The van der Waals surface area contributed by atoms with Gasteiger partial charge in [0, 0.05) is 19.6 Å². The predicted octanol–water partition coefficient (Wildman–Crippen LogP) is 2.80. The Bertz CT molecular complexity index is 522. The van der Waals surface area contributed by atoms with Crippen LogP contribution in [0.25, 0.3) is 11.4 Å². The van der Waals surface area contributed by atoms with Crippen molar-refractivity contribution >= 4 is 11.9 Å². The molecule has 0 amide bonds. The SMILES string of the molecule is CCCNc1nc(-c2ccoc2)nc(N(CC)CC)n1. The van der Waals surface area contributed by atoms with Gasteiger partial charge in [0.05, 0.1) is 11.8 Å². The number of nitrogens with zero attached hydrogens (tertiary/aromatic N) is 4. The van der Waals surface area contributed by atoms with Crippen molar-refractivity contribution in [2.45, 2.75) is 27.2 Å². The van der Waals surface area contributed by atoms with Gasteiger partial charge in [-0.1, -0.05) is 6.92 Å². The van der Waals surface area contributed by atoms with Crippen LogP contribution in [0.4, 0.5) is 11.9 Å². The molecule has 2 aromatic heterocycles. The van der Waals surface area contributed by atoms with E-state index in [2.05, 4.69) is 45.9 Å². The number of furan rings is 1. The van der Waals surface area contributed by atoms with E-state index in [9.17, 15) is 0 Å². The summed E-state index contributed by atoms with van der Waals surface area (Å²) >= 11 is 0. The van der Waals surface area contributed by atoms with Crippen LogP contribution in [0.2, 0.25) is 0 Å². The molecule has 0 unspecified atom stereocenters. The summed E-state index contributed by atoms with van der Waals surface area (Å²) in [6.45, 7) is 8.84. The molecule has 6 nitrogen and oxygen atoms in total. The maximum Gasteiger partial charge on any atom is 0.230 e. The van der Waals surface area contributed by atoms with Crippen molar-refractivity contribution < 1.29 is 4.42 Å². The average Bonchev–Trinajstić information content (AvgIpc) is 3.00. The Balaban J connectivity index is 2.38. The first kappa shape index (κ1) is 14.3. The molecule has 0 aliphatic carbocycles. The van der Waals surface area contributed by atoms with E-state index >= 15 is 0 Å². The highest BCUT2D eigenvalue weighted by Crippen LogP contribution is 2.19. The van der Waals surface area contributed by atoms with Crippen LogP contribution in [0.15, 0.2) is 23.0 Å². The van der Waals surface area contributed by atoms with Crippen LogP contribution in [-0.2, 0) is 0 Å². The molecule has 0 aromatic carbocycles. The van der Waals surface area contributed by atoms with Crippen LogP contribution < -0.4 is 10.2 Å². The largest absolute Gasteiger partial charge is 0.472 e. The number of rotatable bonds is 7. The van der Waals surface area contributed by atoms with Gasteiger partial charge in [-0.25, -0.2) is 0 Å². The zero-order valence-corrected chi connectivity index (χ0v) is 12.3. The van der Waals surface area contributed by atoms with E-state index in [4.69, 9.17) is 4.42 Å². The first-order valence-electron chi connectivity index (χ1n) is 7.05. The van der Waals surface area contributed by atoms with Crippen molar-refractivity contribution in [3.8, 4) is 11.4 Å². The van der Waals surface area contributed by atoms with Crippen molar-refractivity contribution in [1.29, 1.82) is 0 Å². The molecule has 0 radical (unpaired) electrons. The van der Waals surface area contributed by atoms with Crippen LogP contribution in [0.3, 0.4) is 0 Å². The summed E-state index contributed by atoms with van der Waals surface area (Å²) in [6.07, 6.45) is 4.29. The minimum absolute atomic E-state index is 0.611. The smallest absolute Gasteiger partial charge is 0.230 e. The Kier molecular flexibility index (Phi) is 4.92. The Morgan fingerprint density at radius 3 is 2.55 bits per heavy atom. The van der Waals surface area contributed by atoms with Crippen molar-refractivity contribution in [2.75, 3.05) is 29.9 Å². The van der Waals surface area contributed by atoms with Crippen LogP contribution in [0, 0.1) is 0 Å². The van der Waals surface area contributed by atoms with Gasteiger partial charge in [-0.05, 0) is 26.3 Å². The monoisotopic (exact) mass is 275 g/mol. The van der Waals surface area contributed by atoms with E-state index in [1.165, 1.54) is 0 Å². The van der Waals surface area contributed by atoms with Crippen LogP contribution in [-0.4, -0.2) is 34.6 Å². The zero-order chi connectivity index (χ0) is 14.4. The minimum atomic E-state index is 0.611. The molecule has 0 aliphatic heterocycles. The lowest BCUT2D eigenvalue weighted by molar-refractivity contribution is 0.568. The number of hydrogen-bond donors (Lipinski definition) is 1.